The molecule has 0 aliphatic carbocycles. The third-order valence-corrected chi connectivity index (χ3v) is 6.91. The van der Waals surface area contributed by atoms with Crippen LogP contribution in [0.5, 0.6) is 0 Å². The largest absolute Gasteiger partial charge is 0.374 e. The maximum atomic E-state index is 6.80. The Kier molecular flexibility index (Phi) is 10.5. The normalized spacial score (nSPS) is 22.7. The molecule has 2 N–H and O–H groups in total. The van der Waals surface area contributed by atoms with Crippen molar-refractivity contribution in [3.8, 4) is 0 Å². The van der Waals surface area contributed by atoms with E-state index >= 15 is 0 Å². The third-order valence-electron chi connectivity index (χ3n) is 6.91. The Morgan fingerprint density at radius 3 is 1.38 bits per heavy atom. The number of nitrogens with two attached hydrogens (primary N) is 1. The summed E-state index contributed by atoms with van der Waals surface area (Å²) in [5, 5.41) is 0. The molecular formula is C34H37NO5. The van der Waals surface area contributed by atoms with Crippen LogP contribution in [0.3, 0.4) is 0 Å². The zero-order valence-electron chi connectivity index (χ0n) is 22.6. The second kappa shape index (κ2) is 14.9. The molecule has 0 aromatic heterocycles. The number of hydrogen-bond donors (Lipinski definition) is 1. The summed E-state index contributed by atoms with van der Waals surface area (Å²) in [4.78, 5) is 0. The predicted molar refractivity (Wildman–Crippen MR) is 154 cm³/mol. The monoisotopic (exact) mass is 539 g/mol. The van der Waals surface area contributed by atoms with Crippen molar-refractivity contribution in [3.05, 3.63) is 144 Å². The van der Waals surface area contributed by atoms with Gasteiger partial charge in [0.05, 0.1) is 39.1 Å². The molecule has 6 heteroatoms. The Morgan fingerprint density at radius 1 is 0.500 bits per heavy atom. The van der Waals surface area contributed by atoms with E-state index in [1.165, 1.54) is 0 Å². The highest BCUT2D eigenvalue weighted by Crippen LogP contribution is 2.28. The van der Waals surface area contributed by atoms with Crippen LogP contribution in [0.4, 0.5) is 0 Å². The molecule has 4 aromatic carbocycles. The van der Waals surface area contributed by atoms with Crippen molar-refractivity contribution < 1.29 is 23.7 Å². The van der Waals surface area contributed by atoms with Gasteiger partial charge in [-0.1, -0.05) is 121 Å². The van der Waals surface area contributed by atoms with E-state index in [4.69, 9.17) is 29.4 Å². The van der Waals surface area contributed by atoms with Crippen LogP contribution in [-0.2, 0) is 50.1 Å². The molecule has 5 rings (SSSR count). The minimum absolute atomic E-state index is 0.303. The molecule has 40 heavy (non-hydrogen) atoms. The maximum absolute atomic E-state index is 6.80. The van der Waals surface area contributed by atoms with E-state index in [-0.39, 0.29) is 0 Å². The van der Waals surface area contributed by atoms with Gasteiger partial charge in [-0.2, -0.15) is 0 Å². The van der Waals surface area contributed by atoms with E-state index in [2.05, 4.69) is 0 Å². The van der Waals surface area contributed by atoms with Gasteiger partial charge >= 0.3 is 0 Å². The van der Waals surface area contributed by atoms with Crippen molar-refractivity contribution in [2.24, 2.45) is 5.73 Å². The molecule has 1 aliphatic rings. The van der Waals surface area contributed by atoms with E-state index in [1.54, 1.807) is 0 Å². The van der Waals surface area contributed by atoms with Gasteiger partial charge in [0.15, 0.2) is 6.29 Å². The molecule has 1 fully saturated rings. The number of ether oxygens (including phenoxy) is 5. The van der Waals surface area contributed by atoms with Gasteiger partial charge in [-0.15, -0.1) is 0 Å². The van der Waals surface area contributed by atoms with Crippen molar-refractivity contribution in [2.75, 3.05) is 6.61 Å². The first-order valence-electron chi connectivity index (χ1n) is 13.8. The van der Waals surface area contributed by atoms with Crippen molar-refractivity contribution in [2.45, 2.75) is 57.1 Å². The SMILES string of the molecule is N[C@@H]1C(OCc2ccccc2)O[C@H](COCc2ccccc2)[C@H](OCc2ccccc2)[C@H]1OCc1ccccc1. The van der Waals surface area contributed by atoms with Crippen LogP contribution in [0.2, 0.25) is 0 Å². The minimum Gasteiger partial charge on any atom is -0.374 e. The quantitative estimate of drug-likeness (QED) is 0.237. The zero-order valence-corrected chi connectivity index (χ0v) is 22.6. The third kappa shape index (κ3) is 8.08. The summed E-state index contributed by atoms with van der Waals surface area (Å²) in [7, 11) is 0. The van der Waals surface area contributed by atoms with Crippen molar-refractivity contribution in [1.29, 1.82) is 0 Å². The average Bonchev–Trinajstić information content (AvgIpc) is 3.01. The Morgan fingerprint density at radius 2 is 0.900 bits per heavy atom. The van der Waals surface area contributed by atoms with Crippen molar-refractivity contribution in [3.63, 3.8) is 0 Å². The Labute approximate surface area is 236 Å². The first kappa shape index (κ1) is 28.2. The van der Waals surface area contributed by atoms with Crippen LogP contribution in [-0.4, -0.2) is 37.3 Å². The van der Waals surface area contributed by atoms with Gasteiger partial charge in [-0.3, -0.25) is 0 Å². The van der Waals surface area contributed by atoms with Gasteiger partial charge in [0, 0.05) is 0 Å². The predicted octanol–water partition coefficient (Wildman–Crippen LogP) is 5.64. The van der Waals surface area contributed by atoms with Crippen LogP contribution in [0.15, 0.2) is 121 Å². The lowest BCUT2D eigenvalue weighted by Gasteiger charge is -2.44. The van der Waals surface area contributed by atoms with Gasteiger partial charge < -0.3 is 29.4 Å². The molecule has 208 valence electrons. The lowest BCUT2D eigenvalue weighted by Crippen LogP contribution is -2.64. The molecule has 0 amide bonds. The highest BCUT2D eigenvalue weighted by molar-refractivity contribution is 5.16. The Hall–Kier alpha value is -3.36. The molecule has 0 spiro atoms. The summed E-state index contributed by atoms with van der Waals surface area (Å²) < 4.78 is 31.8. The van der Waals surface area contributed by atoms with Crippen LogP contribution in [0.25, 0.3) is 0 Å². The van der Waals surface area contributed by atoms with Crippen molar-refractivity contribution in [1.82, 2.24) is 0 Å². The number of hydrogen-bond acceptors (Lipinski definition) is 6. The number of benzene rings is 4. The van der Waals surface area contributed by atoms with E-state index in [9.17, 15) is 0 Å². The lowest BCUT2D eigenvalue weighted by molar-refractivity contribution is -0.289. The summed E-state index contributed by atoms with van der Waals surface area (Å²) in [5.41, 5.74) is 11.0. The summed E-state index contributed by atoms with van der Waals surface area (Å²) in [6, 6.07) is 39.6. The molecule has 0 bridgehead atoms. The molecule has 4 aromatic rings. The maximum Gasteiger partial charge on any atom is 0.176 e. The first-order valence-corrected chi connectivity index (χ1v) is 13.8. The van der Waals surface area contributed by atoms with E-state index in [1.807, 2.05) is 121 Å². The molecule has 0 radical (unpaired) electrons. The van der Waals surface area contributed by atoms with Gasteiger partial charge in [-0.05, 0) is 22.3 Å². The number of rotatable bonds is 13. The molecule has 1 unspecified atom stereocenters. The fourth-order valence-electron chi connectivity index (χ4n) is 4.77. The molecule has 1 heterocycles. The standard InChI is InChI=1S/C34H37NO5/c35-31-33(38-23-28-17-9-3-10-18-28)32(37-22-27-15-7-2-8-16-27)30(25-36-21-26-13-5-1-6-14-26)40-34(31)39-24-29-19-11-4-12-20-29/h1-20,30-34H,21-25,35H2/t30-,31+,32+,33+,34?/m1/s1. The van der Waals surface area contributed by atoms with Gasteiger partial charge in [0.1, 0.15) is 18.3 Å². The van der Waals surface area contributed by atoms with E-state index in [0.717, 1.165) is 22.3 Å². The van der Waals surface area contributed by atoms with Crippen molar-refractivity contribution >= 4 is 0 Å². The first-order chi connectivity index (χ1) is 19.8. The van der Waals surface area contributed by atoms with Crippen LogP contribution in [0, 0.1) is 0 Å². The Bertz CT molecular complexity index is 1200. The van der Waals surface area contributed by atoms with Crippen LogP contribution in [0.1, 0.15) is 22.3 Å². The molecule has 1 saturated heterocycles. The smallest absolute Gasteiger partial charge is 0.176 e. The molecule has 6 nitrogen and oxygen atoms in total. The summed E-state index contributed by atoms with van der Waals surface area (Å²) in [5.74, 6) is 0. The second-order valence-corrected chi connectivity index (χ2v) is 9.94. The van der Waals surface area contributed by atoms with E-state index < -0.39 is 30.6 Å². The zero-order chi connectivity index (χ0) is 27.4. The fraction of sp³-hybridized carbons (Fsp3) is 0.294. The Balaban J connectivity index is 1.34. The highest BCUT2D eigenvalue weighted by Gasteiger charge is 2.46. The second-order valence-electron chi connectivity index (χ2n) is 9.94. The molecule has 5 atom stereocenters. The molecule has 1 aliphatic heterocycles. The average molecular weight is 540 g/mol. The van der Waals surface area contributed by atoms with Gasteiger partial charge in [-0.25, -0.2) is 0 Å². The van der Waals surface area contributed by atoms with Gasteiger partial charge in [0.25, 0.3) is 0 Å². The highest BCUT2D eigenvalue weighted by atomic mass is 16.7. The van der Waals surface area contributed by atoms with Crippen LogP contribution >= 0.6 is 0 Å². The molecule has 0 saturated carbocycles. The van der Waals surface area contributed by atoms with Gasteiger partial charge in [0.2, 0.25) is 0 Å². The molecular weight excluding hydrogens is 502 g/mol. The summed E-state index contributed by atoms with van der Waals surface area (Å²) >= 11 is 0. The van der Waals surface area contributed by atoms with Crippen LogP contribution < -0.4 is 5.73 Å². The topological polar surface area (TPSA) is 72.2 Å². The fourth-order valence-corrected chi connectivity index (χ4v) is 4.77. The summed E-state index contributed by atoms with van der Waals surface area (Å²) in [6.45, 7) is 1.93. The lowest BCUT2D eigenvalue weighted by atomic mass is 9.96. The van der Waals surface area contributed by atoms with E-state index in [0.29, 0.717) is 33.0 Å². The summed E-state index contributed by atoms with van der Waals surface area (Å²) in [6.07, 6.45) is -2.09. The minimum atomic E-state index is -0.692.